The molecule has 0 fully saturated rings. The maximum Gasteiger partial charge on any atom is 0.242 e. The van der Waals surface area contributed by atoms with E-state index >= 15 is 0 Å². The molecule has 0 saturated heterocycles. The first-order chi connectivity index (χ1) is 14.4. The fourth-order valence-corrected chi connectivity index (χ4v) is 2.23. The van der Waals surface area contributed by atoms with Crippen LogP contribution in [0.4, 0.5) is 0 Å². The third-order valence-corrected chi connectivity index (χ3v) is 4.13. The van der Waals surface area contributed by atoms with Crippen molar-refractivity contribution in [1.82, 2.24) is 21.3 Å². The Kier molecular flexibility index (Phi) is 12.5. The Morgan fingerprint density at radius 2 is 1.23 bits per heavy atom. The van der Waals surface area contributed by atoms with Gasteiger partial charge in [-0.1, -0.05) is 0 Å². The third-order valence-electron chi connectivity index (χ3n) is 4.13. The molecule has 0 rings (SSSR count). The van der Waals surface area contributed by atoms with Crippen molar-refractivity contribution in [2.45, 2.75) is 70.7 Å². The topological polar surface area (TPSA) is 224 Å². The first-order valence-corrected chi connectivity index (χ1v) is 9.86. The molecule has 176 valence electrons. The van der Waals surface area contributed by atoms with Gasteiger partial charge in [0.05, 0.1) is 12.1 Å². The number of hydrogen-bond acceptors (Lipinski definition) is 7. The number of aliphatic imine (C=N–C) groups is 1. The van der Waals surface area contributed by atoms with Gasteiger partial charge in [-0.2, -0.15) is 0 Å². The van der Waals surface area contributed by atoms with E-state index in [4.69, 9.17) is 17.2 Å². The van der Waals surface area contributed by atoms with Gasteiger partial charge < -0.3 is 43.3 Å². The minimum Gasteiger partial charge on any atom is -0.370 e. The number of amides is 4. The molecule has 0 aliphatic carbocycles. The Morgan fingerprint density at radius 1 is 0.806 bits per heavy atom. The SMILES string of the molecule is CC(NC(=O)C(N)CCCN=C(N)N)C(=O)NC(C)C(=O)NC(C)C(=O)N[C@H](C)C=O. The van der Waals surface area contributed by atoms with E-state index in [2.05, 4.69) is 26.3 Å². The summed E-state index contributed by atoms with van der Waals surface area (Å²) in [6.45, 7) is 6.14. The largest absolute Gasteiger partial charge is 0.370 e. The van der Waals surface area contributed by atoms with Crippen LogP contribution < -0.4 is 38.5 Å². The third kappa shape index (κ3) is 11.5. The van der Waals surface area contributed by atoms with E-state index in [1.807, 2.05) is 0 Å². The Balaban J connectivity index is 4.49. The average Bonchev–Trinajstić information content (AvgIpc) is 2.69. The van der Waals surface area contributed by atoms with Gasteiger partial charge >= 0.3 is 0 Å². The molecule has 0 aromatic heterocycles. The predicted molar refractivity (Wildman–Crippen MR) is 114 cm³/mol. The van der Waals surface area contributed by atoms with Gasteiger partial charge in [0.25, 0.3) is 0 Å². The quantitative estimate of drug-likeness (QED) is 0.0656. The Morgan fingerprint density at radius 3 is 1.65 bits per heavy atom. The smallest absolute Gasteiger partial charge is 0.242 e. The molecule has 31 heavy (non-hydrogen) atoms. The summed E-state index contributed by atoms with van der Waals surface area (Å²) in [5.74, 6) is -2.33. The minimum atomic E-state index is -0.973. The molecule has 0 aromatic rings. The lowest BCUT2D eigenvalue weighted by Gasteiger charge is -2.21. The van der Waals surface area contributed by atoms with Gasteiger partial charge in [0.15, 0.2) is 5.96 Å². The van der Waals surface area contributed by atoms with Crippen LogP contribution in [0.5, 0.6) is 0 Å². The number of nitrogens with zero attached hydrogens (tertiary/aromatic N) is 1. The second-order valence-corrected chi connectivity index (χ2v) is 7.18. The van der Waals surface area contributed by atoms with Crippen LogP contribution in [0.1, 0.15) is 40.5 Å². The molecule has 13 heteroatoms. The molecule has 4 amide bonds. The number of hydrogen-bond donors (Lipinski definition) is 7. The summed E-state index contributed by atoms with van der Waals surface area (Å²) in [4.78, 5) is 62.8. The molecular formula is C18H34N8O5. The molecule has 0 aliphatic heterocycles. The van der Waals surface area contributed by atoms with Crippen LogP contribution in [0.15, 0.2) is 4.99 Å². The fraction of sp³-hybridized carbons (Fsp3) is 0.667. The first-order valence-electron chi connectivity index (χ1n) is 9.86. The highest BCUT2D eigenvalue weighted by Crippen LogP contribution is 1.97. The molecule has 0 aromatic carbocycles. The van der Waals surface area contributed by atoms with Crippen LogP contribution in [0, 0.1) is 0 Å². The summed E-state index contributed by atoms with van der Waals surface area (Å²) < 4.78 is 0. The summed E-state index contributed by atoms with van der Waals surface area (Å²) in [6.07, 6.45) is 1.36. The van der Waals surface area contributed by atoms with E-state index in [0.29, 0.717) is 25.7 Å². The van der Waals surface area contributed by atoms with Crippen molar-refractivity contribution in [3.63, 3.8) is 0 Å². The molecule has 0 saturated carbocycles. The van der Waals surface area contributed by atoms with E-state index < -0.39 is 53.8 Å². The zero-order valence-corrected chi connectivity index (χ0v) is 18.3. The molecule has 0 aliphatic rings. The summed E-state index contributed by atoms with van der Waals surface area (Å²) in [7, 11) is 0. The number of nitrogens with one attached hydrogen (secondary N) is 4. The van der Waals surface area contributed by atoms with Crippen LogP contribution in [-0.4, -0.2) is 72.6 Å². The van der Waals surface area contributed by atoms with E-state index in [9.17, 15) is 24.0 Å². The average molecular weight is 443 g/mol. The van der Waals surface area contributed by atoms with Crippen LogP contribution >= 0.6 is 0 Å². The molecule has 4 unspecified atom stereocenters. The molecule has 0 spiro atoms. The van der Waals surface area contributed by atoms with Crippen molar-refractivity contribution in [3.8, 4) is 0 Å². The Hall–Kier alpha value is -3.22. The van der Waals surface area contributed by atoms with Gasteiger partial charge in [0.2, 0.25) is 23.6 Å². The Bertz CT molecular complexity index is 680. The van der Waals surface area contributed by atoms with Crippen molar-refractivity contribution in [1.29, 1.82) is 0 Å². The zero-order chi connectivity index (χ0) is 24.1. The summed E-state index contributed by atoms with van der Waals surface area (Å²) in [6, 6.07) is -4.37. The van der Waals surface area contributed by atoms with Gasteiger partial charge in [-0.15, -0.1) is 0 Å². The number of guanidine groups is 1. The van der Waals surface area contributed by atoms with Crippen molar-refractivity contribution in [2.24, 2.45) is 22.2 Å². The van der Waals surface area contributed by atoms with Gasteiger partial charge in [0.1, 0.15) is 24.4 Å². The van der Waals surface area contributed by atoms with Crippen LogP contribution in [0.25, 0.3) is 0 Å². The minimum absolute atomic E-state index is 0.0491. The van der Waals surface area contributed by atoms with Crippen molar-refractivity contribution >= 4 is 35.9 Å². The van der Waals surface area contributed by atoms with Gasteiger partial charge in [-0.25, -0.2) is 0 Å². The lowest BCUT2D eigenvalue weighted by molar-refractivity contribution is -0.133. The van der Waals surface area contributed by atoms with Crippen molar-refractivity contribution < 1.29 is 24.0 Å². The number of rotatable bonds is 13. The van der Waals surface area contributed by atoms with Crippen LogP contribution in [0.3, 0.4) is 0 Å². The van der Waals surface area contributed by atoms with Crippen molar-refractivity contribution in [2.75, 3.05) is 6.54 Å². The second-order valence-electron chi connectivity index (χ2n) is 7.18. The van der Waals surface area contributed by atoms with Gasteiger partial charge in [-0.3, -0.25) is 24.2 Å². The Labute approximate surface area is 181 Å². The van der Waals surface area contributed by atoms with E-state index in [1.54, 1.807) is 0 Å². The van der Waals surface area contributed by atoms with E-state index in [1.165, 1.54) is 27.7 Å². The molecule has 13 nitrogen and oxygen atoms in total. The molecule has 0 bridgehead atoms. The molecule has 5 atom stereocenters. The van der Waals surface area contributed by atoms with Crippen molar-refractivity contribution in [3.05, 3.63) is 0 Å². The van der Waals surface area contributed by atoms with E-state index in [-0.39, 0.29) is 5.96 Å². The van der Waals surface area contributed by atoms with Gasteiger partial charge in [-0.05, 0) is 40.5 Å². The van der Waals surface area contributed by atoms with E-state index in [0.717, 1.165) is 0 Å². The fourth-order valence-electron chi connectivity index (χ4n) is 2.23. The van der Waals surface area contributed by atoms with Crippen LogP contribution in [-0.2, 0) is 24.0 Å². The van der Waals surface area contributed by atoms with Gasteiger partial charge in [0, 0.05) is 6.54 Å². The maximum absolute atomic E-state index is 12.2. The number of nitrogens with two attached hydrogens (primary N) is 3. The molecule has 0 radical (unpaired) electrons. The monoisotopic (exact) mass is 442 g/mol. The highest BCUT2D eigenvalue weighted by atomic mass is 16.2. The normalized spacial score (nSPS) is 15.3. The summed E-state index contributed by atoms with van der Waals surface area (Å²) in [5, 5.41) is 9.75. The summed E-state index contributed by atoms with van der Waals surface area (Å²) in [5.41, 5.74) is 16.2. The first kappa shape index (κ1) is 27.8. The highest BCUT2D eigenvalue weighted by molar-refractivity contribution is 5.94. The standard InChI is InChI=1S/C18H34N8O5/c1-9(8-27)23-14(28)10(2)24-15(29)11(3)25-16(30)12(4)26-17(31)13(19)6-5-7-22-18(20)21/h8-13H,5-7,19H2,1-4H3,(H,23,28)(H,24,29)(H,25,30)(H,26,31)(H4,20,21,22)/t9-,10?,11?,12?,13?/m1/s1. The number of carbonyl (C=O) groups is 5. The number of aldehydes is 1. The number of carbonyl (C=O) groups excluding carboxylic acids is 5. The van der Waals surface area contributed by atoms with Crippen LogP contribution in [0.2, 0.25) is 0 Å². The summed E-state index contributed by atoms with van der Waals surface area (Å²) >= 11 is 0. The maximum atomic E-state index is 12.2. The highest BCUT2D eigenvalue weighted by Gasteiger charge is 2.25. The molecular weight excluding hydrogens is 408 g/mol. The molecule has 10 N–H and O–H groups in total. The predicted octanol–water partition coefficient (Wildman–Crippen LogP) is -3.41. The zero-order valence-electron chi connectivity index (χ0n) is 18.3. The lowest BCUT2D eigenvalue weighted by atomic mass is 10.1. The second kappa shape index (κ2) is 13.9. The molecule has 0 heterocycles. The lowest BCUT2D eigenvalue weighted by Crippen LogP contribution is -2.56.